The maximum atomic E-state index is 14.8. The van der Waals surface area contributed by atoms with Crippen LogP contribution in [-0.2, 0) is 48.9 Å². The summed E-state index contributed by atoms with van der Waals surface area (Å²) in [5, 5.41) is 14.8. The standard InChI is InChI=1S/C27H27F3N4O2.C25H26F3N5O2.C24H25F3N4O2S.C24H25F3N4O/c1-14-11-17(9-10-22(14)36-5)12-18-13-21-25(32-16(3)33-26(21)34(4)27(18)35)31-15(2)19-7-6-8-20(23(19)28)24(29)30;1-13(17-6-5-7-18(21(17)26)22(27)28)29-23-20-12-19(16-8-10-33(11-9-16)15(3)34)25(35)32(4)24(20)31-14(2)30-23;1-13(16-6-5-7-17(20(16)25)21(26)27)28-22-19-12-18(15-8-10-34(4,33)11-9-15)24(32)31(3)23(19)30-14(2)29-22;1-13(16-10-7-11-17(20(16)25)21(26)27)28-22-19-12-18(15-8-5-4-6-9-15)24(32)31(3)23(19)30-14(2)29-22/h6-11,13,15,24H,12H2,1-5H3,(H,31,32,33);5-8,12-13,22H,9-11H2,1-4H3,(H,29,30,31);5-8,12-13,21H,4,9-11H2,1-3H3,(H,28,29,30);7-8,10-13,21H,4-6,9H2,1-3H3,(H,28,29,30)/t15-;13-;13-,34?;13-/m1111/s1. The lowest BCUT2D eigenvalue weighted by molar-refractivity contribution is -0.128. The van der Waals surface area contributed by atoms with Crippen molar-refractivity contribution in [1.82, 2.24) is 63.0 Å². The van der Waals surface area contributed by atoms with Crippen LogP contribution >= 0.6 is 0 Å². The van der Waals surface area contributed by atoms with Gasteiger partial charge in [0.2, 0.25) is 5.91 Å². The van der Waals surface area contributed by atoms with Crippen molar-refractivity contribution in [2.45, 2.75) is 164 Å². The molecular weight excluding hydrogens is 1810 g/mol. The number of rotatable bonds is 22. The Labute approximate surface area is 781 Å². The summed E-state index contributed by atoms with van der Waals surface area (Å²) in [6.45, 7) is 17.7. The average Bonchev–Trinajstić information content (AvgIpc) is 0.770. The molecule has 5 atom stereocenters. The van der Waals surface area contributed by atoms with Gasteiger partial charge in [-0.3, -0.25) is 46.4 Å². The van der Waals surface area contributed by atoms with E-state index in [0.29, 0.717) is 157 Å². The molecule has 5 aromatic carbocycles. The number of ether oxygens (including phenoxy) is 1. The molecule has 1 unspecified atom stereocenters. The molecule has 37 heteroatoms. The Balaban J connectivity index is 0.000000154. The number of amides is 1. The maximum Gasteiger partial charge on any atom is 0.266 e. The molecular formula is C100H103F12N17O7S. The van der Waals surface area contributed by atoms with Gasteiger partial charge in [-0.1, -0.05) is 103 Å². The molecule has 10 heterocycles. The molecule has 3 aliphatic rings. The monoisotopic (exact) mass is 1910 g/mol. The number of pyridine rings is 4. The average molecular weight is 1920 g/mol. The summed E-state index contributed by atoms with van der Waals surface area (Å²) < 4.78 is 188. The third-order valence-electron chi connectivity index (χ3n) is 24.5. The Morgan fingerprint density at radius 1 is 0.438 bits per heavy atom. The number of aryl methyl sites for hydroxylation is 9. The number of benzene rings is 5. The van der Waals surface area contributed by atoms with Crippen molar-refractivity contribution in [2.75, 3.05) is 53.0 Å². The molecule has 4 N–H and O–H groups in total. The lowest BCUT2D eigenvalue weighted by Gasteiger charge is -2.25. The van der Waals surface area contributed by atoms with Crippen molar-refractivity contribution < 1.29 is 66.4 Å². The zero-order valence-corrected chi connectivity index (χ0v) is 78.7. The van der Waals surface area contributed by atoms with Crippen molar-refractivity contribution in [2.24, 2.45) is 28.2 Å². The highest BCUT2D eigenvalue weighted by Crippen LogP contribution is 2.39. The molecule has 0 saturated carbocycles. The molecule has 0 spiro atoms. The molecule has 16 rings (SSSR count). The quantitative estimate of drug-likeness (QED) is 0.0362. The number of alkyl halides is 8. The second kappa shape index (κ2) is 42.2. The second-order valence-electron chi connectivity index (χ2n) is 34.1. The number of aromatic nitrogens is 12. The van der Waals surface area contributed by atoms with Gasteiger partial charge in [0.05, 0.1) is 75.1 Å². The molecule has 1 aliphatic carbocycles. The number of fused-ring (bicyclic) bond motifs is 4. The van der Waals surface area contributed by atoms with Gasteiger partial charge in [-0.05, 0) is 174 Å². The Bertz CT molecular complexity index is 7370. The lowest BCUT2D eigenvalue weighted by Crippen LogP contribution is -2.33. The van der Waals surface area contributed by atoms with Crippen LogP contribution in [-0.4, -0.2) is 111 Å². The van der Waals surface area contributed by atoms with E-state index in [1.54, 1.807) is 126 Å². The number of nitrogens with zero attached hydrogens (tertiary/aromatic N) is 13. The van der Waals surface area contributed by atoms with Crippen molar-refractivity contribution in [3.8, 4) is 5.75 Å². The van der Waals surface area contributed by atoms with Crippen molar-refractivity contribution >= 4 is 105 Å². The summed E-state index contributed by atoms with van der Waals surface area (Å²) in [5.41, 5.74) is 5.17. The minimum absolute atomic E-state index is 0.0285. The lowest BCUT2D eigenvalue weighted by atomic mass is 9.94. The first-order valence-electron chi connectivity index (χ1n) is 44.1. The summed E-state index contributed by atoms with van der Waals surface area (Å²) >= 11 is 0. The number of hydrogen-bond acceptors (Lipinski definition) is 19. The number of hydrogen-bond donors (Lipinski definition) is 4. The van der Waals surface area contributed by atoms with Crippen LogP contribution in [0.4, 0.5) is 76.0 Å². The van der Waals surface area contributed by atoms with Crippen LogP contribution in [0.2, 0.25) is 0 Å². The Morgan fingerprint density at radius 3 is 1.07 bits per heavy atom. The van der Waals surface area contributed by atoms with Gasteiger partial charge < -0.3 is 30.9 Å². The molecule has 137 heavy (non-hydrogen) atoms. The van der Waals surface area contributed by atoms with E-state index in [1.165, 1.54) is 73.7 Å². The highest BCUT2D eigenvalue weighted by molar-refractivity contribution is 8.00. The highest BCUT2D eigenvalue weighted by atomic mass is 32.2. The molecule has 720 valence electrons. The SMILES string of the molecule is C=S1(=O)CC=C(c2cc3c(N[C@H](C)c4cccc(C(F)F)c4F)nc(C)nc3n(C)c2=O)CC1.CC(=O)N1CC=C(c2cc3c(N[C@H](C)c4cccc(C(F)F)c4F)nc(C)nc3n(C)c2=O)CC1.COc1ccc(Cc2cc3c(N[C@H](C)c4cccc(C(F)F)c4F)nc(C)nc3n(C)c2=O)cc1C.Cc1nc(N[C@H](C)c2cccc(C(F)F)c2F)c2cc(C3=CCCCC3)c(=O)n(C)c2n1. The molecule has 13 aromatic rings. The van der Waals surface area contributed by atoms with E-state index in [9.17, 15) is 80.9 Å². The number of allylic oxidation sites excluding steroid dienone is 3. The number of nitrogens with one attached hydrogen (secondary N) is 4. The van der Waals surface area contributed by atoms with Crippen LogP contribution in [0.3, 0.4) is 0 Å². The summed E-state index contributed by atoms with van der Waals surface area (Å²) in [6.07, 6.45) is -0.661. The molecule has 0 fully saturated rings. The van der Waals surface area contributed by atoms with Crippen LogP contribution in [0.1, 0.15) is 224 Å². The number of anilines is 4. The largest absolute Gasteiger partial charge is 0.496 e. The van der Waals surface area contributed by atoms with Crippen LogP contribution < -0.4 is 48.2 Å². The molecule has 8 aromatic heterocycles. The first-order valence-corrected chi connectivity index (χ1v) is 46.1. The van der Waals surface area contributed by atoms with Gasteiger partial charge in [-0.2, -0.15) is 0 Å². The first-order chi connectivity index (χ1) is 64.9. The van der Waals surface area contributed by atoms with E-state index in [1.807, 2.05) is 31.2 Å². The Hall–Kier alpha value is -13.9. The maximum absolute atomic E-state index is 14.8. The fraction of sp³-hybridized carbons (Fsp3) is 0.340. The third kappa shape index (κ3) is 22.0. The predicted octanol–water partition coefficient (Wildman–Crippen LogP) is 20.6. The van der Waals surface area contributed by atoms with Gasteiger partial charge in [0, 0.05) is 111 Å². The molecule has 0 radical (unpaired) electrons. The van der Waals surface area contributed by atoms with E-state index < -0.39 is 105 Å². The minimum atomic E-state index is -2.93. The molecule has 0 saturated heterocycles. The van der Waals surface area contributed by atoms with Crippen LogP contribution in [0, 0.1) is 57.9 Å². The van der Waals surface area contributed by atoms with E-state index in [-0.39, 0.29) is 50.4 Å². The van der Waals surface area contributed by atoms with Crippen LogP contribution in [0.15, 0.2) is 153 Å². The zero-order chi connectivity index (χ0) is 99.4. The van der Waals surface area contributed by atoms with E-state index >= 15 is 0 Å². The van der Waals surface area contributed by atoms with Crippen LogP contribution in [0.5, 0.6) is 5.75 Å². The van der Waals surface area contributed by atoms with E-state index in [4.69, 9.17) is 4.74 Å². The third-order valence-corrected chi connectivity index (χ3v) is 26.2. The van der Waals surface area contributed by atoms with Gasteiger partial charge in [0.25, 0.3) is 47.9 Å². The smallest absolute Gasteiger partial charge is 0.266 e. The number of carbonyl (C=O) groups excluding carboxylic acids is 1. The summed E-state index contributed by atoms with van der Waals surface area (Å²) in [4.78, 5) is 101. The number of methoxy groups -OCH3 is 1. The second-order valence-corrected chi connectivity index (χ2v) is 36.8. The summed E-state index contributed by atoms with van der Waals surface area (Å²) in [6, 6.07) is 25.6. The fourth-order valence-corrected chi connectivity index (χ4v) is 18.3. The summed E-state index contributed by atoms with van der Waals surface area (Å²) in [7, 11) is 5.96. The van der Waals surface area contributed by atoms with E-state index in [2.05, 4.69) is 73.1 Å². The van der Waals surface area contributed by atoms with Crippen LogP contribution in [0.25, 0.3) is 60.9 Å². The van der Waals surface area contributed by atoms with Gasteiger partial charge in [-0.25, -0.2) is 92.6 Å². The van der Waals surface area contributed by atoms with Crippen molar-refractivity contribution in [3.05, 3.63) is 299 Å². The molecule has 1 amide bonds. The molecule has 2 aliphatic heterocycles. The highest BCUT2D eigenvalue weighted by Gasteiger charge is 2.30. The normalized spacial score (nSPS) is 15.4. The number of carbonyl (C=O) groups is 1. The molecule has 24 nitrogen and oxygen atoms in total. The number of halogens is 12. The zero-order valence-electron chi connectivity index (χ0n) is 77.9. The van der Waals surface area contributed by atoms with Crippen molar-refractivity contribution in [3.63, 3.8) is 0 Å². The predicted molar refractivity (Wildman–Crippen MR) is 511 cm³/mol. The Morgan fingerprint density at radius 2 is 0.774 bits per heavy atom. The minimum Gasteiger partial charge on any atom is -0.496 e. The van der Waals surface area contributed by atoms with Crippen molar-refractivity contribution in [1.29, 1.82) is 0 Å². The van der Waals surface area contributed by atoms with E-state index in [0.717, 1.165) is 83.5 Å². The van der Waals surface area contributed by atoms with Gasteiger partial charge in [0.1, 0.15) is 98.2 Å². The first kappa shape index (κ1) is 101. The fourth-order valence-electron chi connectivity index (χ4n) is 17.0. The molecule has 0 bridgehead atoms. The van der Waals surface area contributed by atoms with Gasteiger partial charge in [-0.15, -0.1) is 0 Å². The summed E-state index contributed by atoms with van der Waals surface area (Å²) in [5.74, 6) is 4.52. The van der Waals surface area contributed by atoms with Gasteiger partial charge in [0.15, 0.2) is 0 Å². The van der Waals surface area contributed by atoms with Gasteiger partial charge >= 0.3 is 0 Å². The Kier molecular flexibility index (Phi) is 31.0. The topological polar surface area (TPSA) is 286 Å².